The molecule has 2 atom stereocenters. The van der Waals surface area contributed by atoms with Gasteiger partial charge >= 0.3 is 6.03 Å². The maximum absolute atomic E-state index is 14.1. The van der Waals surface area contributed by atoms with Gasteiger partial charge in [-0.15, -0.1) is 0 Å². The number of halogens is 1. The quantitative estimate of drug-likeness (QED) is 0.376. The zero-order valence-corrected chi connectivity index (χ0v) is 22.8. The predicted molar refractivity (Wildman–Crippen MR) is 152 cm³/mol. The molecule has 41 heavy (non-hydrogen) atoms. The molecule has 2 N–H and O–H groups in total. The van der Waals surface area contributed by atoms with Crippen molar-refractivity contribution in [2.75, 3.05) is 31.6 Å². The van der Waals surface area contributed by atoms with E-state index in [0.717, 1.165) is 37.4 Å². The number of rotatable bonds is 5. The number of nitrogens with zero attached hydrogens (tertiary/aromatic N) is 6. The number of ether oxygens (including phenoxy) is 1. The van der Waals surface area contributed by atoms with Crippen LogP contribution in [-0.4, -0.2) is 67.8 Å². The number of carbonyl (C=O) groups is 1. The number of fused-ring (bicyclic) bond motifs is 3. The second-order valence-corrected chi connectivity index (χ2v) is 10.9. The highest BCUT2D eigenvalue weighted by Crippen LogP contribution is 2.42. The summed E-state index contributed by atoms with van der Waals surface area (Å²) >= 11 is 0. The average molecular weight is 555 g/mol. The van der Waals surface area contributed by atoms with Crippen molar-refractivity contribution in [2.45, 2.75) is 44.7 Å². The second kappa shape index (κ2) is 10.5. The number of nitrogens with one attached hydrogen (secondary N) is 2. The molecule has 11 heteroatoms. The lowest BCUT2D eigenvalue weighted by Gasteiger charge is -2.28. The van der Waals surface area contributed by atoms with Crippen LogP contribution in [0.4, 0.5) is 15.1 Å². The molecule has 10 nitrogen and oxygen atoms in total. The summed E-state index contributed by atoms with van der Waals surface area (Å²) in [7, 11) is 0. The number of anilines is 1. The summed E-state index contributed by atoms with van der Waals surface area (Å²) in [6.07, 6.45) is 8.31. The van der Waals surface area contributed by atoms with Crippen LogP contribution in [-0.2, 0) is 11.2 Å². The zero-order chi connectivity index (χ0) is 27.9. The van der Waals surface area contributed by atoms with E-state index in [1.165, 1.54) is 28.3 Å². The highest BCUT2D eigenvalue weighted by atomic mass is 19.1. The molecule has 0 bridgehead atoms. The fraction of sp³-hybridized carbons (Fsp3) is 0.367. The number of hydrogen-bond donors (Lipinski definition) is 2. The third kappa shape index (κ3) is 4.90. The van der Waals surface area contributed by atoms with Crippen LogP contribution >= 0.6 is 0 Å². The Bertz CT molecular complexity index is 1660. The Morgan fingerprint density at radius 1 is 1.15 bits per heavy atom. The van der Waals surface area contributed by atoms with Crippen molar-refractivity contribution in [3.8, 4) is 11.4 Å². The van der Waals surface area contributed by atoms with Crippen molar-refractivity contribution in [1.82, 2.24) is 34.8 Å². The summed E-state index contributed by atoms with van der Waals surface area (Å²) < 4.78 is 21.2. The lowest BCUT2D eigenvalue weighted by molar-refractivity contribution is 0.0526. The molecule has 3 aliphatic rings. The second-order valence-electron chi connectivity index (χ2n) is 10.9. The highest BCUT2D eigenvalue weighted by molar-refractivity contribution is 5.78. The van der Waals surface area contributed by atoms with Crippen LogP contribution in [0.3, 0.4) is 0 Å². The first-order valence-corrected chi connectivity index (χ1v) is 14.1. The SMILES string of the molecule is CC(NC(=O)N1CCOCC1)c1cnn2c(N[C@@H]3CCC4=C(C3)c3ccccc3C4)nc(-c3cncc(F)c3)nc12. The Balaban J connectivity index is 1.21. The number of aromatic nitrogens is 5. The summed E-state index contributed by atoms with van der Waals surface area (Å²) in [6.45, 7) is 4.04. The standard InChI is InChI=1S/C30H31FN8O2/c1-18(34-30(40)38-8-10-41-11-9-38)26-17-33-39-28(26)36-27(21-13-22(31)16-32-15-21)37-29(39)35-23-7-6-20-12-19-4-2-3-5-24(19)25(20)14-23/h2-5,13,15-18,23H,6-12,14H2,1H3,(H,34,40)(H,35,36,37)/t18?,23-/m1/s1. The lowest BCUT2D eigenvalue weighted by atomic mass is 9.88. The minimum atomic E-state index is -0.466. The topological polar surface area (TPSA) is 110 Å². The van der Waals surface area contributed by atoms with Gasteiger partial charge in [-0.3, -0.25) is 4.98 Å². The molecule has 3 aromatic heterocycles. The van der Waals surface area contributed by atoms with Gasteiger partial charge in [0, 0.05) is 36.5 Å². The van der Waals surface area contributed by atoms with Gasteiger partial charge in [0.2, 0.25) is 5.95 Å². The molecule has 210 valence electrons. The normalized spacial score (nSPS) is 19.2. The molecular weight excluding hydrogens is 523 g/mol. The first-order valence-electron chi connectivity index (χ1n) is 14.1. The van der Waals surface area contributed by atoms with Gasteiger partial charge in [0.15, 0.2) is 11.5 Å². The van der Waals surface area contributed by atoms with Crippen LogP contribution in [0.1, 0.15) is 48.9 Å². The molecule has 0 saturated carbocycles. The molecule has 1 aromatic carbocycles. The molecular formula is C30H31FN8O2. The van der Waals surface area contributed by atoms with Gasteiger partial charge in [0.1, 0.15) is 5.82 Å². The molecule has 1 saturated heterocycles. The van der Waals surface area contributed by atoms with Crippen molar-refractivity contribution in [3.05, 3.63) is 77.0 Å². The largest absolute Gasteiger partial charge is 0.378 e. The third-order valence-corrected chi connectivity index (χ3v) is 8.21. The summed E-state index contributed by atoms with van der Waals surface area (Å²) in [5.74, 6) is 0.391. The first-order chi connectivity index (χ1) is 20.0. The molecule has 0 radical (unpaired) electrons. The van der Waals surface area contributed by atoms with Crippen LogP contribution in [0, 0.1) is 5.82 Å². The van der Waals surface area contributed by atoms with E-state index in [-0.39, 0.29) is 18.1 Å². The minimum Gasteiger partial charge on any atom is -0.378 e. The van der Waals surface area contributed by atoms with Gasteiger partial charge in [-0.05, 0) is 55.4 Å². The van der Waals surface area contributed by atoms with Crippen LogP contribution in [0.5, 0.6) is 0 Å². The average Bonchev–Trinajstić information content (AvgIpc) is 3.59. The monoisotopic (exact) mass is 554 g/mol. The molecule has 0 spiro atoms. The Morgan fingerprint density at radius 3 is 2.85 bits per heavy atom. The van der Waals surface area contributed by atoms with Gasteiger partial charge in [-0.1, -0.05) is 29.8 Å². The summed E-state index contributed by atoms with van der Waals surface area (Å²) in [6, 6.07) is 9.61. The van der Waals surface area contributed by atoms with Crippen molar-refractivity contribution in [3.63, 3.8) is 0 Å². The van der Waals surface area contributed by atoms with Crippen molar-refractivity contribution in [2.24, 2.45) is 0 Å². The molecule has 7 rings (SSSR count). The number of morpholine rings is 1. The molecule has 1 unspecified atom stereocenters. The number of hydrogen-bond acceptors (Lipinski definition) is 7. The Kier molecular flexibility index (Phi) is 6.58. The van der Waals surface area contributed by atoms with E-state index in [2.05, 4.69) is 45.0 Å². The van der Waals surface area contributed by atoms with Crippen molar-refractivity contribution in [1.29, 1.82) is 0 Å². The summed E-state index contributed by atoms with van der Waals surface area (Å²) in [4.78, 5) is 28.2. The third-order valence-electron chi connectivity index (χ3n) is 8.21. The molecule has 2 aliphatic carbocycles. The van der Waals surface area contributed by atoms with Crippen LogP contribution in [0.15, 0.2) is 54.5 Å². The molecule has 1 fully saturated rings. The van der Waals surface area contributed by atoms with Crippen molar-refractivity contribution >= 4 is 23.2 Å². The smallest absolute Gasteiger partial charge is 0.318 e. The number of carbonyl (C=O) groups excluding carboxylic acids is 1. The minimum absolute atomic E-state index is 0.141. The van der Waals surface area contributed by atoms with Crippen LogP contribution in [0.2, 0.25) is 0 Å². The van der Waals surface area contributed by atoms with E-state index < -0.39 is 5.82 Å². The Morgan fingerprint density at radius 2 is 2.00 bits per heavy atom. The molecule has 1 aliphatic heterocycles. The number of urea groups is 1. The number of allylic oxidation sites excluding steroid dienone is 1. The lowest BCUT2D eigenvalue weighted by Crippen LogP contribution is -2.46. The number of amides is 2. The van der Waals surface area contributed by atoms with E-state index >= 15 is 0 Å². The Hall–Kier alpha value is -4.38. The molecule has 2 amide bonds. The van der Waals surface area contributed by atoms with E-state index in [1.807, 2.05) is 6.92 Å². The van der Waals surface area contributed by atoms with E-state index in [4.69, 9.17) is 14.7 Å². The number of benzene rings is 1. The fourth-order valence-corrected chi connectivity index (χ4v) is 6.07. The predicted octanol–water partition coefficient (Wildman–Crippen LogP) is 4.40. The van der Waals surface area contributed by atoms with E-state index in [9.17, 15) is 9.18 Å². The van der Waals surface area contributed by atoms with Gasteiger partial charge < -0.3 is 20.3 Å². The highest BCUT2D eigenvalue weighted by Gasteiger charge is 2.29. The van der Waals surface area contributed by atoms with Gasteiger partial charge in [0.05, 0.1) is 31.6 Å². The van der Waals surface area contributed by atoms with Gasteiger partial charge in [0.25, 0.3) is 0 Å². The van der Waals surface area contributed by atoms with Gasteiger partial charge in [-0.25, -0.2) is 14.2 Å². The maximum Gasteiger partial charge on any atom is 0.318 e. The Labute approximate surface area is 236 Å². The molecule has 4 aromatic rings. The van der Waals surface area contributed by atoms with E-state index in [1.54, 1.807) is 21.8 Å². The fourth-order valence-electron chi connectivity index (χ4n) is 6.07. The van der Waals surface area contributed by atoms with Gasteiger partial charge in [-0.2, -0.15) is 14.6 Å². The number of pyridine rings is 1. The van der Waals surface area contributed by atoms with Crippen LogP contribution < -0.4 is 10.6 Å². The summed E-state index contributed by atoms with van der Waals surface area (Å²) in [5.41, 5.74) is 7.43. The summed E-state index contributed by atoms with van der Waals surface area (Å²) in [5, 5.41) is 11.3. The zero-order valence-electron chi connectivity index (χ0n) is 22.8. The van der Waals surface area contributed by atoms with Crippen LogP contribution in [0.25, 0.3) is 22.6 Å². The first kappa shape index (κ1) is 25.6. The molecule has 4 heterocycles. The van der Waals surface area contributed by atoms with Crippen molar-refractivity contribution < 1.29 is 13.9 Å². The maximum atomic E-state index is 14.1. The van der Waals surface area contributed by atoms with E-state index in [0.29, 0.717) is 49.3 Å².